The van der Waals surface area contributed by atoms with Crippen LogP contribution in [-0.2, 0) is 17.9 Å². The third-order valence-electron chi connectivity index (χ3n) is 6.44. The van der Waals surface area contributed by atoms with Gasteiger partial charge in [0.05, 0.1) is 19.8 Å². The second-order valence-electron chi connectivity index (χ2n) is 8.81. The summed E-state index contributed by atoms with van der Waals surface area (Å²) in [4.78, 5) is 16.7. The highest BCUT2D eigenvalue weighted by molar-refractivity contribution is 6.30. The molecule has 0 aliphatic carbocycles. The van der Waals surface area contributed by atoms with E-state index in [2.05, 4.69) is 10.2 Å². The predicted octanol–water partition coefficient (Wildman–Crippen LogP) is 5.41. The van der Waals surface area contributed by atoms with Gasteiger partial charge in [-0.05, 0) is 35.9 Å². The van der Waals surface area contributed by atoms with Crippen LogP contribution in [0.25, 0.3) is 0 Å². The molecule has 0 spiro atoms. The van der Waals surface area contributed by atoms with Crippen LogP contribution < -0.4 is 10.1 Å². The zero-order chi connectivity index (χ0) is 26.2. The van der Waals surface area contributed by atoms with E-state index in [1.807, 2.05) is 36.4 Å². The van der Waals surface area contributed by atoms with Gasteiger partial charge in [0, 0.05) is 55.4 Å². The zero-order valence-electron chi connectivity index (χ0n) is 20.6. The van der Waals surface area contributed by atoms with Crippen LogP contribution in [0, 0.1) is 11.6 Å². The molecule has 0 aromatic heterocycles. The van der Waals surface area contributed by atoms with Crippen molar-refractivity contribution >= 4 is 17.6 Å². The van der Waals surface area contributed by atoms with Crippen LogP contribution in [0.5, 0.6) is 5.75 Å². The first kappa shape index (κ1) is 26.9. The number of nitrogens with zero attached hydrogens (tertiary/aromatic N) is 2. The Kier molecular flexibility index (Phi) is 9.33. The maximum Gasteiger partial charge on any atom is 0.317 e. The van der Waals surface area contributed by atoms with Gasteiger partial charge in [-0.3, -0.25) is 4.90 Å². The highest BCUT2D eigenvalue weighted by Gasteiger charge is 2.25. The number of hydrogen-bond acceptors (Lipinski definition) is 4. The zero-order valence-corrected chi connectivity index (χ0v) is 21.4. The Labute approximate surface area is 220 Å². The van der Waals surface area contributed by atoms with E-state index in [-0.39, 0.29) is 18.2 Å². The summed E-state index contributed by atoms with van der Waals surface area (Å²) in [6, 6.07) is 18.4. The molecule has 3 aromatic rings. The van der Waals surface area contributed by atoms with Crippen molar-refractivity contribution in [2.24, 2.45) is 0 Å². The third kappa shape index (κ3) is 7.19. The van der Waals surface area contributed by atoms with Crippen LogP contribution in [-0.4, -0.2) is 55.7 Å². The molecule has 0 bridgehead atoms. The molecule has 1 heterocycles. The molecule has 1 atom stereocenters. The van der Waals surface area contributed by atoms with E-state index in [9.17, 15) is 13.6 Å². The molecule has 4 rings (SSSR count). The molecule has 37 heavy (non-hydrogen) atoms. The Morgan fingerprint density at radius 1 is 0.973 bits per heavy atom. The van der Waals surface area contributed by atoms with Gasteiger partial charge in [-0.1, -0.05) is 48.0 Å². The summed E-state index contributed by atoms with van der Waals surface area (Å²) >= 11 is 6.05. The Hall–Kier alpha value is -3.20. The van der Waals surface area contributed by atoms with Gasteiger partial charge in [-0.2, -0.15) is 0 Å². The highest BCUT2D eigenvalue weighted by atomic mass is 35.5. The van der Waals surface area contributed by atoms with Crippen LogP contribution in [0.2, 0.25) is 5.02 Å². The third-order valence-corrected chi connectivity index (χ3v) is 6.69. The summed E-state index contributed by atoms with van der Waals surface area (Å²) in [5.74, 6) is -0.540. The van der Waals surface area contributed by atoms with Gasteiger partial charge in [0.2, 0.25) is 0 Å². The summed E-state index contributed by atoms with van der Waals surface area (Å²) in [7, 11) is 1.60. The monoisotopic (exact) mass is 529 g/mol. The second kappa shape index (κ2) is 12.9. The van der Waals surface area contributed by atoms with E-state index in [1.54, 1.807) is 24.1 Å². The standard InChI is InChI=1S/C28H30ClF2N3O3/c1-36-26-8-3-2-5-21(26)17-32-28(35)34-15-13-33(14-16-34)18-27(20-9-11-22(29)12-10-20)37-19-23-24(30)6-4-7-25(23)31/h2-12,27H,13-19H2,1H3,(H,32,35)/t27-/m0/s1. The lowest BCUT2D eigenvalue weighted by Gasteiger charge is -2.36. The topological polar surface area (TPSA) is 54.0 Å². The van der Waals surface area contributed by atoms with Crippen LogP contribution in [0.15, 0.2) is 66.7 Å². The molecule has 6 nitrogen and oxygen atoms in total. The van der Waals surface area contributed by atoms with E-state index in [1.165, 1.54) is 18.2 Å². The van der Waals surface area contributed by atoms with Gasteiger partial charge in [0.1, 0.15) is 17.4 Å². The van der Waals surface area contributed by atoms with E-state index in [0.29, 0.717) is 44.3 Å². The Bertz CT molecular complexity index is 1170. The SMILES string of the molecule is COc1ccccc1CNC(=O)N1CCN(C[C@H](OCc2c(F)cccc2F)c2ccc(Cl)cc2)CC1. The van der Waals surface area contributed by atoms with Gasteiger partial charge >= 0.3 is 6.03 Å². The van der Waals surface area contributed by atoms with Gasteiger partial charge in [-0.25, -0.2) is 13.6 Å². The second-order valence-corrected chi connectivity index (χ2v) is 9.25. The van der Waals surface area contributed by atoms with E-state index < -0.39 is 17.7 Å². The summed E-state index contributed by atoms with van der Waals surface area (Å²) in [5, 5.41) is 3.55. The first-order chi connectivity index (χ1) is 17.9. The Morgan fingerprint density at radius 3 is 2.32 bits per heavy atom. The normalized spacial score (nSPS) is 14.9. The average Bonchev–Trinajstić information content (AvgIpc) is 2.91. The number of ether oxygens (including phenoxy) is 2. The van der Waals surface area contributed by atoms with E-state index in [4.69, 9.17) is 21.1 Å². The number of urea groups is 1. The van der Waals surface area contributed by atoms with Gasteiger partial charge < -0.3 is 19.7 Å². The average molecular weight is 530 g/mol. The van der Waals surface area contributed by atoms with Crippen molar-refractivity contribution in [3.05, 3.63) is 100 Å². The quantitative estimate of drug-likeness (QED) is 0.402. The Morgan fingerprint density at radius 2 is 1.65 bits per heavy atom. The molecule has 1 N–H and O–H groups in total. The number of nitrogens with one attached hydrogen (secondary N) is 1. The van der Waals surface area contributed by atoms with Crippen molar-refractivity contribution < 1.29 is 23.0 Å². The number of hydrogen-bond donors (Lipinski definition) is 1. The van der Waals surface area contributed by atoms with Crippen LogP contribution in [0.3, 0.4) is 0 Å². The van der Waals surface area contributed by atoms with E-state index in [0.717, 1.165) is 16.9 Å². The number of para-hydroxylation sites is 1. The fourth-order valence-electron chi connectivity index (χ4n) is 4.29. The number of amides is 2. The number of piperazine rings is 1. The number of benzene rings is 3. The van der Waals surface area contributed by atoms with Crippen LogP contribution >= 0.6 is 11.6 Å². The molecule has 196 valence electrons. The molecule has 0 unspecified atom stereocenters. The van der Waals surface area contributed by atoms with E-state index >= 15 is 0 Å². The lowest BCUT2D eigenvalue weighted by atomic mass is 10.1. The molecule has 1 aliphatic rings. The van der Waals surface area contributed by atoms with Gasteiger partial charge in [0.25, 0.3) is 0 Å². The first-order valence-corrected chi connectivity index (χ1v) is 12.5. The molecule has 1 aliphatic heterocycles. The van der Waals surface area contributed by atoms with Crippen molar-refractivity contribution in [1.82, 2.24) is 15.1 Å². The predicted molar refractivity (Wildman–Crippen MR) is 139 cm³/mol. The largest absolute Gasteiger partial charge is 0.496 e. The number of rotatable bonds is 9. The Balaban J connectivity index is 1.34. The minimum absolute atomic E-state index is 0.0991. The maximum absolute atomic E-state index is 14.1. The van der Waals surface area contributed by atoms with Crippen molar-refractivity contribution in [1.29, 1.82) is 0 Å². The number of carbonyl (C=O) groups excluding carboxylic acids is 1. The highest BCUT2D eigenvalue weighted by Crippen LogP contribution is 2.25. The molecule has 2 amide bonds. The summed E-state index contributed by atoms with van der Waals surface area (Å²) < 4.78 is 39.7. The molecular formula is C28H30ClF2N3O3. The fourth-order valence-corrected chi connectivity index (χ4v) is 4.41. The minimum atomic E-state index is -0.636. The maximum atomic E-state index is 14.1. The molecule has 0 radical (unpaired) electrons. The minimum Gasteiger partial charge on any atom is -0.496 e. The van der Waals surface area contributed by atoms with Crippen molar-refractivity contribution in [2.75, 3.05) is 39.8 Å². The first-order valence-electron chi connectivity index (χ1n) is 12.1. The summed E-state index contributed by atoms with van der Waals surface area (Å²) in [5.41, 5.74) is 1.67. The fraction of sp³-hybridized carbons (Fsp3) is 0.321. The molecule has 0 saturated carbocycles. The van der Waals surface area contributed by atoms with Crippen molar-refractivity contribution in [3.8, 4) is 5.75 Å². The van der Waals surface area contributed by atoms with Crippen LogP contribution in [0.1, 0.15) is 22.8 Å². The molecular weight excluding hydrogens is 500 g/mol. The van der Waals surface area contributed by atoms with Gasteiger partial charge in [0.15, 0.2) is 0 Å². The van der Waals surface area contributed by atoms with Gasteiger partial charge in [-0.15, -0.1) is 0 Å². The summed E-state index contributed by atoms with van der Waals surface area (Å²) in [6.45, 7) is 3.07. The molecule has 1 saturated heterocycles. The van der Waals surface area contributed by atoms with Crippen LogP contribution in [0.4, 0.5) is 13.6 Å². The summed E-state index contributed by atoms with van der Waals surface area (Å²) in [6.07, 6.45) is -0.429. The lowest BCUT2D eigenvalue weighted by Crippen LogP contribution is -2.52. The number of halogens is 3. The smallest absolute Gasteiger partial charge is 0.317 e. The van der Waals surface area contributed by atoms with Crippen molar-refractivity contribution in [2.45, 2.75) is 19.3 Å². The number of carbonyl (C=O) groups is 1. The lowest BCUT2D eigenvalue weighted by molar-refractivity contribution is 0.00340. The molecule has 3 aromatic carbocycles. The molecule has 1 fully saturated rings. The van der Waals surface area contributed by atoms with Crippen molar-refractivity contribution in [3.63, 3.8) is 0 Å². The molecule has 9 heteroatoms. The number of methoxy groups -OCH3 is 1.